The summed E-state index contributed by atoms with van der Waals surface area (Å²) in [6.07, 6.45) is 1.34. The number of amides is 2. The first kappa shape index (κ1) is 30.2. The molecule has 3 aromatic carbocycles. The van der Waals surface area contributed by atoms with E-state index in [0.717, 1.165) is 27.3 Å². The number of anilines is 1. The lowest BCUT2D eigenvalue weighted by Gasteiger charge is -2.33. The average molecular weight is 570 g/mol. The fraction of sp³-hybridized carbons (Fsp3) is 0.333. The van der Waals surface area contributed by atoms with E-state index in [9.17, 15) is 18.0 Å². The molecule has 0 saturated heterocycles. The Bertz CT molecular complexity index is 1360. The van der Waals surface area contributed by atoms with E-state index in [4.69, 9.17) is 11.6 Å². The Morgan fingerprint density at radius 2 is 1.59 bits per heavy atom. The van der Waals surface area contributed by atoms with Crippen LogP contribution < -0.4 is 9.62 Å². The van der Waals surface area contributed by atoms with E-state index >= 15 is 0 Å². The molecule has 0 unspecified atom stereocenters. The largest absolute Gasteiger partial charge is 0.354 e. The van der Waals surface area contributed by atoms with E-state index in [2.05, 4.69) is 5.32 Å². The highest BCUT2D eigenvalue weighted by atomic mass is 35.5. The zero-order valence-electron chi connectivity index (χ0n) is 22.8. The molecule has 1 N–H and O–H groups in total. The number of hydrogen-bond donors (Lipinski definition) is 1. The highest BCUT2D eigenvalue weighted by Gasteiger charge is 2.33. The minimum absolute atomic E-state index is 0.105. The molecule has 0 fully saturated rings. The summed E-state index contributed by atoms with van der Waals surface area (Å²) in [6.45, 7) is 5.95. The summed E-state index contributed by atoms with van der Waals surface area (Å²) in [7, 11) is -3.80. The molecule has 39 heavy (non-hydrogen) atoms. The SMILES string of the molecule is Cc1cccc(N(CC(=O)N(Cc2ccc(Cl)cc2)[C@H](Cc2ccccc2)C(=O)NCC(C)C)S(C)(=O)=O)c1. The van der Waals surface area contributed by atoms with Crippen LogP contribution in [0, 0.1) is 12.8 Å². The van der Waals surface area contributed by atoms with Crippen LogP contribution in [0.3, 0.4) is 0 Å². The summed E-state index contributed by atoms with van der Waals surface area (Å²) in [5.41, 5.74) is 2.90. The molecule has 0 spiro atoms. The Labute approximate surface area is 236 Å². The summed E-state index contributed by atoms with van der Waals surface area (Å²) >= 11 is 6.08. The van der Waals surface area contributed by atoms with Crippen molar-refractivity contribution in [2.75, 3.05) is 23.7 Å². The molecule has 0 aliphatic heterocycles. The first-order valence-electron chi connectivity index (χ1n) is 12.8. The molecule has 2 amide bonds. The van der Waals surface area contributed by atoms with Crippen LogP contribution in [0.15, 0.2) is 78.9 Å². The van der Waals surface area contributed by atoms with E-state index in [0.29, 0.717) is 17.3 Å². The molecule has 7 nitrogen and oxygen atoms in total. The number of rotatable bonds is 12. The number of sulfonamides is 1. The minimum Gasteiger partial charge on any atom is -0.354 e. The Kier molecular flexibility index (Phi) is 10.5. The molecule has 0 saturated carbocycles. The zero-order chi connectivity index (χ0) is 28.6. The van der Waals surface area contributed by atoms with Gasteiger partial charge in [-0.1, -0.05) is 80.0 Å². The van der Waals surface area contributed by atoms with E-state index < -0.39 is 28.5 Å². The maximum atomic E-state index is 14.0. The summed E-state index contributed by atoms with van der Waals surface area (Å²) < 4.78 is 26.7. The van der Waals surface area contributed by atoms with Crippen LogP contribution in [0.25, 0.3) is 0 Å². The van der Waals surface area contributed by atoms with Gasteiger partial charge in [0.2, 0.25) is 21.8 Å². The van der Waals surface area contributed by atoms with Crippen molar-refractivity contribution in [3.63, 3.8) is 0 Å². The summed E-state index contributed by atoms with van der Waals surface area (Å²) in [5, 5.41) is 3.52. The van der Waals surface area contributed by atoms with E-state index in [1.165, 1.54) is 4.90 Å². The summed E-state index contributed by atoms with van der Waals surface area (Å²) in [4.78, 5) is 29.1. The van der Waals surface area contributed by atoms with Crippen LogP contribution in [0.4, 0.5) is 5.69 Å². The van der Waals surface area contributed by atoms with Gasteiger partial charge in [-0.25, -0.2) is 8.42 Å². The highest BCUT2D eigenvalue weighted by Crippen LogP contribution is 2.22. The average Bonchev–Trinajstić information content (AvgIpc) is 2.88. The number of nitrogens with one attached hydrogen (secondary N) is 1. The van der Waals surface area contributed by atoms with Gasteiger partial charge in [-0.05, 0) is 53.8 Å². The maximum Gasteiger partial charge on any atom is 0.244 e. The lowest BCUT2D eigenvalue weighted by atomic mass is 10.0. The van der Waals surface area contributed by atoms with Crippen molar-refractivity contribution < 1.29 is 18.0 Å². The van der Waals surface area contributed by atoms with Crippen LogP contribution in [0.2, 0.25) is 5.02 Å². The van der Waals surface area contributed by atoms with Crippen molar-refractivity contribution in [1.29, 1.82) is 0 Å². The third-order valence-corrected chi connectivity index (χ3v) is 7.58. The smallest absolute Gasteiger partial charge is 0.244 e. The predicted molar refractivity (Wildman–Crippen MR) is 157 cm³/mol. The van der Waals surface area contributed by atoms with E-state index in [1.54, 1.807) is 42.5 Å². The second-order valence-corrected chi connectivity index (χ2v) is 12.4. The molecule has 3 rings (SSSR count). The number of halogens is 1. The van der Waals surface area contributed by atoms with Gasteiger partial charge in [0.1, 0.15) is 12.6 Å². The third kappa shape index (κ3) is 9.11. The van der Waals surface area contributed by atoms with Gasteiger partial charge in [-0.15, -0.1) is 0 Å². The van der Waals surface area contributed by atoms with Crippen LogP contribution >= 0.6 is 11.6 Å². The van der Waals surface area contributed by atoms with E-state index in [-0.39, 0.29) is 24.8 Å². The molecular weight excluding hydrogens is 534 g/mol. The number of nitrogens with zero attached hydrogens (tertiary/aromatic N) is 2. The van der Waals surface area contributed by atoms with E-state index in [1.807, 2.05) is 57.2 Å². The fourth-order valence-electron chi connectivity index (χ4n) is 4.16. The van der Waals surface area contributed by atoms with Crippen molar-refractivity contribution in [2.24, 2.45) is 5.92 Å². The Morgan fingerprint density at radius 3 is 2.18 bits per heavy atom. The number of benzene rings is 3. The monoisotopic (exact) mass is 569 g/mol. The predicted octanol–water partition coefficient (Wildman–Crippen LogP) is 4.83. The van der Waals surface area contributed by atoms with Gasteiger partial charge < -0.3 is 10.2 Å². The molecule has 9 heteroatoms. The van der Waals surface area contributed by atoms with Crippen molar-refractivity contribution in [3.05, 3.63) is 101 Å². The molecule has 0 aliphatic carbocycles. The second-order valence-electron chi connectivity index (χ2n) is 10.1. The summed E-state index contributed by atoms with van der Waals surface area (Å²) in [6, 6.07) is 22.6. The van der Waals surface area contributed by atoms with Crippen LogP contribution in [-0.2, 0) is 32.6 Å². The van der Waals surface area contributed by atoms with Crippen molar-refractivity contribution in [2.45, 2.75) is 39.8 Å². The number of carbonyl (C=O) groups is 2. The first-order chi connectivity index (χ1) is 18.4. The standard InChI is InChI=1S/C30H36ClN3O4S/c1-22(2)19-32-30(36)28(18-24-10-6-5-7-11-24)33(20-25-13-15-26(31)16-14-25)29(35)21-34(39(4,37)38)27-12-8-9-23(3)17-27/h5-17,22,28H,18-21H2,1-4H3,(H,32,36)/t28-/m1/s1. The Hall–Kier alpha value is -3.36. The second kappa shape index (κ2) is 13.6. The van der Waals surface area contributed by atoms with Crippen LogP contribution in [0.1, 0.15) is 30.5 Å². The molecule has 0 aromatic heterocycles. The third-order valence-electron chi connectivity index (χ3n) is 6.19. The molecule has 0 radical (unpaired) electrons. The minimum atomic E-state index is -3.80. The van der Waals surface area contributed by atoms with Gasteiger partial charge in [-0.2, -0.15) is 0 Å². The Morgan fingerprint density at radius 1 is 0.923 bits per heavy atom. The number of aryl methyl sites for hydroxylation is 1. The van der Waals surface area contributed by atoms with Gasteiger partial charge >= 0.3 is 0 Å². The lowest BCUT2D eigenvalue weighted by Crippen LogP contribution is -2.53. The van der Waals surface area contributed by atoms with Gasteiger partial charge in [0, 0.05) is 24.5 Å². The molecule has 208 valence electrons. The molecular formula is C30H36ClN3O4S. The normalized spacial score (nSPS) is 12.2. The topological polar surface area (TPSA) is 86.8 Å². The number of hydrogen-bond acceptors (Lipinski definition) is 4. The van der Waals surface area contributed by atoms with Gasteiger partial charge in [0.15, 0.2) is 0 Å². The quantitative estimate of drug-likeness (QED) is 0.338. The Balaban J connectivity index is 2.04. The van der Waals surface area contributed by atoms with Gasteiger partial charge in [0.05, 0.1) is 11.9 Å². The van der Waals surface area contributed by atoms with Crippen molar-refractivity contribution in [1.82, 2.24) is 10.2 Å². The lowest BCUT2D eigenvalue weighted by molar-refractivity contribution is -0.140. The fourth-order valence-corrected chi connectivity index (χ4v) is 5.13. The van der Waals surface area contributed by atoms with Crippen molar-refractivity contribution in [3.8, 4) is 0 Å². The molecule has 0 aliphatic rings. The van der Waals surface area contributed by atoms with Gasteiger partial charge in [-0.3, -0.25) is 13.9 Å². The molecule has 3 aromatic rings. The highest BCUT2D eigenvalue weighted by molar-refractivity contribution is 7.92. The molecule has 1 atom stereocenters. The summed E-state index contributed by atoms with van der Waals surface area (Å²) in [5.74, 6) is -0.567. The molecule has 0 bridgehead atoms. The van der Waals surface area contributed by atoms with Crippen LogP contribution in [0.5, 0.6) is 0 Å². The first-order valence-corrected chi connectivity index (χ1v) is 15.1. The zero-order valence-corrected chi connectivity index (χ0v) is 24.4. The van der Waals surface area contributed by atoms with Crippen LogP contribution in [-0.4, -0.2) is 50.5 Å². The molecule has 0 heterocycles. The number of carbonyl (C=O) groups excluding carboxylic acids is 2. The van der Waals surface area contributed by atoms with Crippen molar-refractivity contribution >= 4 is 39.1 Å². The van der Waals surface area contributed by atoms with Gasteiger partial charge in [0.25, 0.3) is 0 Å². The maximum absolute atomic E-state index is 14.0.